The summed E-state index contributed by atoms with van der Waals surface area (Å²) in [5.74, 6) is 0. The molecule has 0 heterocycles. The third kappa shape index (κ3) is 4.10. The molecule has 0 rings (SSSR count). The van der Waals surface area contributed by atoms with Crippen molar-refractivity contribution in [3.8, 4) is 0 Å². The van der Waals surface area contributed by atoms with E-state index in [0.29, 0.717) is 20.0 Å². The van der Waals surface area contributed by atoms with Gasteiger partial charge in [0.15, 0.2) is 0 Å². The van der Waals surface area contributed by atoms with Gasteiger partial charge < -0.3 is 0 Å². The molecule has 124 valence electrons. The summed E-state index contributed by atoms with van der Waals surface area (Å²) in [5, 5.41) is 0.798. The second kappa shape index (κ2) is 6.59. The number of thioether (sulfide) groups is 1. The molecule has 0 nitrogen and oxygen atoms in total. The van der Waals surface area contributed by atoms with Crippen molar-refractivity contribution >= 4 is 38.2 Å². The summed E-state index contributed by atoms with van der Waals surface area (Å²) in [5.41, 5.74) is 0.329. The zero-order chi connectivity index (χ0) is 16.6. The molecule has 0 N–H and O–H groups in total. The number of hydrogen-bond donors (Lipinski definition) is 0. The molecule has 0 aliphatic rings. The van der Waals surface area contributed by atoms with Crippen LogP contribution in [0.25, 0.3) is 0 Å². The minimum atomic E-state index is -1.56. The maximum absolute atomic E-state index is 2.64. The van der Waals surface area contributed by atoms with E-state index < -0.39 is 6.46 Å². The van der Waals surface area contributed by atoms with Gasteiger partial charge in [-0.05, 0) is 0 Å². The molecule has 0 aliphatic heterocycles. The van der Waals surface area contributed by atoms with Gasteiger partial charge in [-0.15, -0.1) is 0 Å². The molecule has 0 aliphatic carbocycles. The fourth-order valence-electron chi connectivity index (χ4n) is 3.08. The molecule has 0 fully saturated rings. The van der Waals surface area contributed by atoms with Crippen LogP contribution in [-0.2, 0) is 0 Å². The summed E-state index contributed by atoms with van der Waals surface area (Å²) in [7, 11) is 0.990. The molecule has 0 saturated heterocycles. The molecule has 0 saturated carbocycles. The SMILES string of the molecule is CSC(PC(C)(C)C)(C(C)(C)C)[PH](C)(SC)C(C)(C)C. The Morgan fingerprint density at radius 1 is 0.800 bits per heavy atom. The van der Waals surface area contributed by atoms with Crippen LogP contribution in [0, 0.1) is 5.41 Å². The number of hydrogen-bond acceptors (Lipinski definition) is 2. The fraction of sp³-hybridized carbons (Fsp3) is 1.00. The fourth-order valence-corrected chi connectivity index (χ4v) is 22.0. The number of rotatable bonds is 4. The molecular weight excluding hydrogens is 318 g/mol. The van der Waals surface area contributed by atoms with Crippen molar-refractivity contribution in [2.75, 3.05) is 19.2 Å². The Labute approximate surface area is 139 Å². The molecule has 20 heavy (non-hydrogen) atoms. The Morgan fingerprint density at radius 3 is 1.35 bits per heavy atom. The Bertz CT molecular complexity index is 323. The van der Waals surface area contributed by atoms with Crippen LogP contribution in [0.1, 0.15) is 62.3 Å². The predicted molar refractivity (Wildman–Crippen MR) is 111 cm³/mol. The Morgan fingerprint density at radius 2 is 1.20 bits per heavy atom. The van der Waals surface area contributed by atoms with Crippen LogP contribution in [0.15, 0.2) is 0 Å². The van der Waals surface area contributed by atoms with Gasteiger partial charge in [-0.2, -0.15) is 0 Å². The summed E-state index contributed by atoms with van der Waals surface area (Å²) in [6, 6.07) is 0. The zero-order valence-electron chi connectivity index (χ0n) is 15.8. The molecule has 0 spiro atoms. The van der Waals surface area contributed by atoms with Crippen molar-refractivity contribution in [3.63, 3.8) is 0 Å². The molecule has 2 atom stereocenters. The van der Waals surface area contributed by atoms with Crippen molar-refractivity contribution < 1.29 is 0 Å². The Kier molecular flexibility index (Phi) is 7.10. The Hall–Kier alpha value is 1.56. The zero-order valence-corrected chi connectivity index (χ0v) is 19.4. The van der Waals surface area contributed by atoms with Gasteiger partial charge in [0.2, 0.25) is 0 Å². The van der Waals surface area contributed by atoms with E-state index in [1.54, 1.807) is 0 Å². The molecule has 0 radical (unpaired) electrons. The van der Waals surface area contributed by atoms with E-state index in [2.05, 4.69) is 105 Å². The Balaban J connectivity index is 6.25. The van der Waals surface area contributed by atoms with Crippen LogP contribution in [0.3, 0.4) is 0 Å². The molecule has 0 bridgehead atoms. The van der Waals surface area contributed by atoms with Gasteiger partial charge >= 0.3 is 140 Å². The molecule has 0 aromatic rings. The molecule has 0 amide bonds. The third-order valence-corrected chi connectivity index (χ3v) is 24.0. The van der Waals surface area contributed by atoms with Crippen molar-refractivity contribution in [2.45, 2.75) is 76.9 Å². The van der Waals surface area contributed by atoms with Gasteiger partial charge in [-0.25, -0.2) is 0 Å². The van der Waals surface area contributed by atoms with Crippen molar-refractivity contribution in [1.29, 1.82) is 0 Å². The van der Waals surface area contributed by atoms with E-state index in [4.69, 9.17) is 0 Å². The average molecular weight is 357 g/mol. The first-order valence-corrected chi connectivity index (χ1v) is 14.1. The van der Waals surface area contributed by atoms with Crippen LogP contribution in [0.2, 0.25) is 0 Å². The summed E-state index contributed by atoms with van der Waals surface area (Å²) >= 11 is 4.37. The van der Waals surface area contributed by atoms with Crippen molar-refractivity contribution in [1.82, 2.24) is 0 Å². The van der Waals surface area contributed by atoms with Crippen LogP contribution < -0.4 is 0 Å². The van der Waals surface area contributed by atoms with Gasteiger partial charge in [-0.1, -0.05) is 0 Å². The molecular formula is C16H38P2S2. The van der Waals surface area contributed by atoms with E-state index in [-0.39, 0.29) is 0 Å². The van der Waals surface area contributed by atoms with E-state index in [1.807, 2.05) is 0 Å². The van der Waals surface area contributed by atoms with Crippen molar-refractivity contribution in [3.05, 3.63) is 0 Å². The van der Waals surface area contributed by atoms with E-state index in [9.17, 15) is 0 Å². The monoisotopic (exact) mass is 356 g/mol. The summed E-state index contributed by atoms with van der Waals surface area (Å²) in [6.45, 7) is 23.1. The van der Waals surface area contributed by atoms with Crippen LogP contribution >= 0.6 is 38.2 Å². The first-order chi connectivity index (χ1) is 8.58. The molecule has 2 unspecified atom stereocenters. The first-order valence-electron chi connectivity index (χ1n) is 7.47. The van der Waals surface area contributed by atoms with Gasteiger partial charge in [0, 0.05) is 0 Å². The van der Waals surface area contributed by atoms with Gasteiger partial charge in [0.05, 0.1) is 0 Å². The van der Waals surface area contributed by atoms with Crippen molar-refractivity contribution in [2.24, 2.45) is 5.41 Å². The first kappa shape index (κ1) is 21.6. The second-order valence-corrected chi connectivity index (χ2v) is 22.1. The van der Waals surface area contributed by atoms with Crippen LogP contribution in [-0.4, -0.2) is 33.7 Å². The molecule has 0 aromatic heterocycles. The summed E-state index contributed by atoms with van der Waals surface area (Å²) in [4.78, 5) is 0. The topological polar surface area (TPSA) is 0 Å². The van der Waals surface area contributed by atoms with Crippen LogP contribution in [0.4, 0.5) is 0 Å². The maximum atomic E-state index is 2.64. The quantitative estimate of drug-likeness (QED) is 0.498. The molecule has 4 heteroatoms. The second-order valence-electron chi connectivity index (χ2n) is 9.00. The van der Waals surface area contributed by atoms with Crippen LogP contribution in [0.5, 0.6) is 0 Å². The predicted octanol–water partition coefficient (Wildman–Crippen LogP) is 6.98. The summed E-state index contributed by atoms with van der Waals surface area (Å²) < 4.78 is 0.399. The van der Waals surface area contributed by atoms with Gasteiger partial charge in [0.1, 0.15) is 0 Å². The van der Waals surface area contributed by atoms with Gasteiger partial charge in [0.25, 0.3) is 0 Å². The normalized spacial score (nSPS) is 19.4. The van der Waals surface area contributed by atoms with E-state index in [0.717, 1.165) is 8.58 Å². The standard InChI is InChI=1S/C16H38P2S2/c1-13(2,3)16(19-11,17-14(4,5)6)18(10,20-12)15(7,8)9/h17-18H,1-12H3. The van der Waals surface area contributed by atoms with E-state index in [1.165, 1.54) is 0 Å². The molecule has 0 aromatic carbocycles. The third-order valence-electron chi connectivity index (χ3n) is 4.42. The van der Waals surface area contributed by atoms with E-state index >= 15 is 0 Å². The average Bonchev–Trinajstić information content (AvgIpc) is 2.19. The summed E-state index contributed by atoms with van der Waals surface area (Å²) in [6.07, 6.45) is 4.72. The minimum absolute atomic E-state index is 0.329. The van der Waals surface area contributed by atoms with Gasteiger partial charge in [-0.3, -0.25) is 0 Å².